The fourth-order valence-electron chi connectivity index (χ4n) is 1.32. The fourth-order valence-corrected chi connectivity index (χ4v) is 2.41. The minimum absolute atomic E-state index is 0.521. The van der Waals surface area contributed by atoms with E-state index >= 15 is 0 Å². The van der Waals surface area contributed by atoms with Crippen LogP contribution in [0.25, 0.3) is 11.3 Å². The first-order chi connectivity index (χ1) is 7.70. The molecule has 1 heterocycles. The van der Waals surface area contributed by atoms with Crippen LogP contribution in [0.3, 0.4) is 0 Å². The van der Waals surface area contributed by atoms with E-state index in [1.807, 2.05) is 12.1 Å². The Morgan fingerprint density at radius 2 is 2.25 bits per heavy atom. The Kier molecular flexibility index (Phi) is 4.27. The van der Waals surface area contributed by atoms with Crippen molar-refractivity contribution in [1.82, 2.24) is 4.98 Å². The van der Waals surface area contributed by atoms with Gasteiger partial charge in [-0.15, -0.1) is 11.6 Å². The van der Waals surface area contributed by atoms with Gasteiger partial charge in [-0.25, -0.2) is 4.98 Å². The Bertz CT molecular complexity index is 500. The molecule has 16 heavy (non-hydrogen) atoms. The normalized spacial score (nSPS) is 10.7. The fraction of sp³-hybridized carbons (Fsp3) is 0.182. The van der Waals surface area contributed by atoms with Crippen molar-refractivity contribution in [3.8, 4) is 11.3 Å². The van der Waals surface area contributed by atoms with E-state index < -0.39 is 0 Å². The van der Waals surface area contributed by atoms with E-state index in [4.69, 9.17) is 16.0 Å². The number of halogens is 3. The highest BCUT2D eigenvalue weighted by molar-refractivity contribution is 14.1. The number of hydrogen-bond donors (Lipinski definition) is 0. The second-order valence-corrected chi connectivity index (χ2v) is 5.66. The summed E-state index contributed by atoms with van der Waals surface area (Å²) in [7, 11) is 0. The number of hydrogen-bond acceptors (Lipinski definition) is 2. The van der Waals surface area contributed by atoms with Gasteiger partial charge in [-0.3, -0.25) is 0 Å². The second-order valence-electron chi connectivity index (χ2n) is 3.18. The van der Waals surface area contributed by atoms with Crippen LogP contribution in [-0.4, -0.2) is 10.9 Å². The average Bonchev–Trinajstić information content (AvgIpc) is 2.71. The predicted octanol–water partition coefficient (Wildman–Crippen LogP) is 4.49. The summed E-state index contributed by atoms with van der Waals surface area (Å²) < 4.78 is 7.78. The SMILES string of the molecule is ClCCc1ncc(-c2cc(I)ccc2Br)o1. The maximum Gasteiger partial charge on any atom is 0.196 e. The zero-order chi connectivity index (χ0) is 11.5. The number of nitrogens with zero attached hydrogens (tertiary/aromatic N) is 1. The monoisotopic (exact) mass is 411 g/mol. The molecule has 2 nitrogen and oxygen atoms in total. The van der Waals surface area contributed by atoms with Crippen molar-refractivity contribution in [2.24, 2.45) is 0 Å². The Hall–Kier alpha value is -0.0700. The maximum absolute atomic E-state index is 5.64. The van der Waals surface area contributed by atoms with Crippen molar-refractivity contribution in [2.75, 3.05) is 5.88 Å². The highest BCUT2D eigenvalue weighted by Crippen LogP contribution is 2.30. The van der Waals surface area contributed by atoms with Crippen LogP contribution in [0, 0.1) is 3.57 Å². The molecule has 2 aromatic rings. The number of benzene rings is 1. The van der Waals surface area contributed by atoms with Crippen LogP contribution in [0.2, 0.25) is 0 Å². The second kappa shape index (κ2) is 5.51. The van der Waals surface area contributed by atoms with Gasteiger partial charge in [0.1, 0.15) is 0 Å². The standard InChI is InChI=1S/C11H8BrClINO/c12-9-2-1-7(14)5-8(9)10-6-15-11(16-10)3-4-13/h1-2,5-6H,3-4H2. The van der Waals surface area contributed by atoms with Crippen molar-refractivity contribution >= 4 is 50.1 Å². The van der Waals surface area contributed by atoms with Gasteiger partial charge in [0.15, 0.2) is 11.7 Å². The third-order valence-electron chi connectivity index (χ3n) is 2.06. The Balaban J connectivity index is 2.38. The first-order valence-corrected chi connectivity index (χ1v) is 7.07. The lowest BCUT2D eigenvalue weighted by molar-refractivity contribution is 0.514. The lowest BCUT2D eigenvalue weighted by Gasteiger charge is -2.00. The predicted molar refractivity (Wildman–Crippen MR) is 76.8 cm³/mol. The molecule has 84 valence electrons. The van der Waals surface area contributed by atoms with Crippen molar-refractivity contribution in [3.05, 3.63) is 38.3 Å². The molecule has 1 aromatic carbocycles. The first kappa shape index (κ1) is 12.4. The molecule has 0 aliphatic carbocycles. The van der Waals surface area contributed by atoms with E-state index in [1.165, 1.54) is 0 Å². The van der Waals surface area contributed by atoms with E-state index in [1.54, 1.807) is 6.20 Å². The quantitative estimate of drug-likeness (QED) is 0.549. The molecule has 2 rings (SSSR count). The summed E-state index contributed by atoms with van der Waals surface area (Å²) in [5, 5.41) is 0. The molecule has 0 saturated carbocycles. The van der Waals surface area contributed by atoms with Crippen molar-refractivity contribution in [3.63, 3.8) is 0 Å². The smallest absolute Gasteiger partial charge is 0.196 e. The Morgan fingerprint density at radius 3 is 3.00 bits per heavy atom. The molecule has 0 aliphatic rings. The first-order valence-electron chi connectivity index (χ1n) is 4.67. The molecule has 0 fully saturated rings. The van der Waals surface area contributed by atoms with Gasteiger partial charge in [0.25, 0.3) is 0 Å². The third kappa shape index (κ3) is 2.78. The number of rotatable bonds is 3. The van der Waals surface area contributed by atoms with Crippen LogP contribution in [0.1, 0.15) is 5.89 Å². The van der Waals surface area contributed by atoms with Gasteiger partial charge in [0, 0.05) is 25.9 Å². The molecular weight excluding hydrogens is 404 g/mol. The molecule has 0 amide bonds. The van der Waals surface area contributed by atoms with Crippen LogP contribution in [0.15, 0.2) is 33.3 Å². The molecular formula is C11H8BrClINO. The van der Waals surface area contributed by atoms with Crippen molar-refractivity contribution < 1.29 is 4.42 Å². The summed E-state index contributed by atoms with van der Waals surface area (Å²) in [6, 6.07) is 6.08. The summed E-state index contributed by atoms with van der Waals surface area (Å²) in [6.45, 7) is 0. The molecule has 0 saturated heterocycles. The maximum atomic E-state index is 5.64. The van der Waals surface area contributed by atoms with Gasteiger partial charge in [-0.05, 0) is 40.8 Å². The lowest BCUT2D eigenvalue weighted by atomic mass is 10.2. The van der Waals surface area contributed by atoms with E-state index in [-0.39, 0.29) is 0 Å². The molecule has 0 aliphatic heterocycles. The topological polar surface area (TPSA) is 26.0 Å². The molecule has 0 bridgehead atoms. The highest BCUT2D eigenvalue weighted by atomic mass is 127. The number of oxazole rings is 1. The van der Waals surface area contributed by atoms with Crippen LogP contribution < -0.4 is 0 Å². The number of alkyl halides is 1. The minimum Gasteiger partial charge on any atom is -0.441 e. The lowest BCUT2D eigenvalue weighted by Crippen LogP contribution is -1.83. The van der Waals surface area contributed by atoms with Gasteiger partial charge in [-0.2, -0.15) is 0 Å². The number of aryl methyl sites for hydroxylation is 1. The molecule has 0 radical (unpaired) electrons. The molecule has 0 N–H and O–H groups in total. The van der Waals surface area contributed by atoms with Crippen molar-refractivity contribution in [2.45, 2.75) is 6.42 Å². The molecule has 1 aromatic heterocycles. The molecule has 0 spiro atoms. The van der Waals surface area contributed by atoms with Crippen molar-refractivity contribution in [1.29, 1.82) is 0 Å². The summed E-state index contributed by atoms with van der Waals surface area (Å²) in [4.78, 5) is 4.18. The van der Waals surface area contributed by atoms with E-state index in [0.29, 0.717) is 18.2 Å². The highest BCUT2D eigenvalue weighted by Gasteiger charge is 2.09. The molecule has 0 unspecified atom stereocenters. The zero-order valence-electron chi connectivity index (χ0n) is 8.21. The van der Waals surface area contributed by atoms with Gasteiger partial charge < -0.3 is 4.42 Å². The van der Waals surface area contributed by atoms with Crippen LogP contribution in [-0.2, 0) is 6.42 Å². The van der Waals surface area contributed by atoms with Gasteiger partial charge in [-0.1, -0.05) is 15.9 Å². The van der Waals surface area contributed by atoms with Crippen LogP contribution >= 0.6 is 50.1 Å². The number of aromatic nitrogens is 1. The molecule has 0 atom stereocenters. The van der Waals surface area contributed by atoms with Crippen LogP contribution in [0.5, 0.6) is 0 Å². The zero-order valence-corrected chi connectivity index (χ0v) is 12.7. The third-order valence-corrected chi connectivity index (χ3v) is 3.61. The summed E-state index contributed by atoms with van der Waals surface area (Å²) in [5.41, 5.74) is 1.01. The Morgan fingerprint density at radius 1 is 1.44 bits per heavy atom. The Labute approximate surface area is 121 Å². The average molecular weight is 412 g/mol. The summed E-state index contributed by atoms with van der Waals surface area (Å²) in [5.74, 6) is 1.97. The largest absolute Gasteiger partial charge is 0.441 e. The van der Waals surface area contributed by atoms with Gasteiger partial charge in [0.2, 0.25) is 0 Å². The summed E-state index contributed by atoms with van der Waals surface area (Å²) in [6.07, 6.45) is 2.39. The van der Waals surface area contributed by atoms with Gasteiger partial charge >= 0.3 is 0 Å². The van der Waals surface area contributed by atoms with E-state index in [9.17, 15) is 0 Å². The van der Waals surface area contributed by atoms with E-state index in [2.05, 4.69) is 49.6 Å². The van der Waals surface area contributed by atoms with Gasteiger partial charge in [0.05, 0.1) is 6.20 Å². The van der Waals surface area contributed by atoms with Crippen LogP contribution in [0.4, 0.5) is 0 Å². The van der Waals surface area contributed by atoms with E-state index in [0.717, 1.165) is 19.4 Å². The summed E-state index contributed by atoms with van der Waals surface area (Å²) >= 11 is 11.4. The molecule has 5 heteroatoms. The minimum atomic E-state index is 0.521.